The molecule has 0 aliphatic carbocycles. The third kappa shape index (κ3) is 5.50. The van der Waals surface area contributed by atoms with Gasteiger partial charge in [-0.1, -0.05) is 48.5 Å². The molecule has 0 aliphatic heterocycles. The molecule has 4 rings (SSSR count). The number of aromatic nitrogens is 3. The molecular formula is C28H29F2N5O2. The van der Waals surface area contributed by atoms with E-state index in [9.17, 15) is 14.0 Å². The minimum Gasteiger partial charge on any atom is -0.349 e. The maximum atomic E-state index is 15.2. The lowest BCUT2D eigenvalue weighted by Crippen LogP contribution is -2.51. The molecule has 1 heterocycles. The van der Waals surface area contributed by atoms with Crippen molar-refractivity contribution >= 4 is 28.5 Å². The van der Waals surface area contributed by atoms with E-state index in [1.165, 1.54) is 35.0 Å². The number of anilines is 1. The molecule has 37 heavy (non-hydrogen) atoms. The predicted octanol–water partition coefficient (Wildman–Crippen LogP) is 5.10. The Balaban J connectivity index is 1.86. The number of aryl methyl sites for hydroxylation is 1. The van der Waals surface area contributed by atoms with E-state index in [0.29, 0.717) is 23.0 Å². The molecule has 0 saturated heterocycles. The van der Waals surface area contributed by atoms with Crippen LogP contribution in [-0.2, 0) is 16.1 Å². The molecule has 0 fully saturated rings. The maximum absolute atomic E-state index is 15.2. The fourth-order valence-electron chi connectivity index (χ4n) is 3.99. The minimum absolute atomic E-state index is 0.00955. The number of nitrogens with zero attached hydrogens (tertiary/aromatic N) is 4. The zero-order chi connectivity index (χ0) is 26.7. The first-order chi connectivity index (χ1) is 17.6. The first kappa shape index (κ1) is 25.9. The van der Waals surface area contributed by atoms with E-state index in [1.807, 2.05) is 20.8 Å². The van der Waals surface area contributed by atoms with Gasteiger partial charge in [0.25, 0.3) is 0 Å². The van der Waals surface area contributed by atoms with Crippen LogP contribution < -0.4 is 10.2 Å². The number of fused-ring (bicyclic) bond motifs is 1. The highest BCUT2D eigenvalue weighted by Crippen LogP contribution is 2.32. The van der Waals surface area contributed by atoms with Crippen molar-refractivity contribution in [1.82, 2.24) is 20.3 Å². The van der Waals surface area contributed by atoms with Gasteiger partial charge in [-0.3, -0.25) is 14.5 Å². The van der Waals surface area contributed by atoms with Gasteiger partial charge < -0.3 is 5.32 Å². The number of carbonyl (C=O) groups excluding carboxylic acids is 2. The summed E-state index contributed by atoms with van der Waals surface area (Å²) in [6.45, 7) is 6.88. The average Bonchev–Trinajstić information content (AvgIpc) is 3.27. The van der Waals surface area contributed by atoms with Gasteiger partial charge in [-0.15, -0.1) is 5.10 Å². The first-order valence-electron chi connectivity index (χ1n) is 12.0. The van der Waals surface area contributed by atoms with Crippen molar-refractivity contribution in [3.8, 4) is 0 Å². The van der Waals surface area contributed by atoms with Crippen molar-refractivity contribution in [2.75, 3.05) is 4.90 Å². The second-order valence-electron chi connectivity index (χ2n) is 9.58. The topological polar surface area (TPSA) is 80.1 Å². The minimum atomic E-state index is -1.41. The molecule has 0 aliphatic rings. The Morgan fingerprint density at radius 1 is 1.03 bits per heavy atom. The monoisotopic (exact) mass is 505 g/mol. The van der Waals surface area contributed by atoms with E-state index in [-0.39, 0.29) is 17.8 Å². The van der Waals surface area contributed by atoms with E-state index in [0.717, 1.165) is 4.90 Å². The van der Waals surface area contributed by atoms with Crippen molar-refractivity contribution < 1.29 is 18.4 Å². The standard InChI is InChI=1S/C28H29F2N5O2/c1-5-28(3,4)31-27(37)26(20-10-6-7-11-21(20)29)35(19-15-14-18(2)22(30)16-19)25(36)17-34-24-13-9-8-12-23(24)32-33-34/h6-16,26H,5,17H2,1-4H3,(H,31,37). The Morgan fingerprint density at radius 3 is 2.43 bits per heavy atom. The summed E-state index contributed by atoms with van der Waals surface area (Å²) in [5.74, 6) is -2.39. The summed E-state index contributed by atoms with van der Waals surface area (Å²) in [4.78, 5) is 28.8. The fourth-order valence-corrected chi connectivity index (χ4v) is 3.99. The van der Waals surface area contributed by atoms with Gasteiger partial charge in [-0.2, -0.15) is 0 Å². The fraction of sp³-hybridized carbons (Fsp3) is 0.286. The number of benzene rings is 3. The largest absolute Gasteiger partial charge is 0.349 e. The summed E-state index contributed by atoms with van der Waals surface area (Å²) < 4.78 is 31.3. The Kier molecular flexibility index (Phi) is 7.33. The summed E-state index contributed by atoms with van der Waals surface area (Å²) in [6.07, 6.45) is 0.598. The predicted molar refractivity (Wildman–Crippen MR) is 138 cm³/mol. The number of amides is 2. The molecule has 0 saturated carbocycles. The number of nitrogens with one attached hydrogen (secondary N) is 1. The number of carbonyl (C=O) groups is 2. The molecule has 3 aromatic carbocycles. The van der Waals surface area contributed by atoms with Gasteiger partial charge in [0.2, 0.25) is 11.8 Å². The van der Waals surface area contributed by atoms with Crippen molar-refractivity contribution in [3.05, 3.63) is 89.5 Å². The van der Waals surface area contributed by atoms with Crippen LogP contribution in [0.1, 0.15) is 44.4 Å². The van der Waals surface area contributed by atoms with Gasteiger partial charge in [0.05, 0.1) is 5.52 Å². The van der Waals surface area contributed by atoms with Crippen molar-refractivity contribution in [2.45, 2.75) is 52.2 Å². The van der Waals surface area contributed by atoms with Crippen LogP contribution in [0.4, 0.5) is 14.5 Å². The Hall–Kier alpha value is -4.14. The molecule has 2 amide bonds. The molecule has 1 unspecified atom stereocenters. The first-order valence-corrected chi connectivity index (χ1v) is 12.0. The summed E-state index contributed by atoms with van der Waals surface area (Å²) in [6, 6.07) is 15.7. The Bertz CT molecular complexity index is 1450. The number of rotatable bonds is 8. The van der Waals surface area contributed by atoms with E-state index in [1.54, 1.807) is 43.3 Å². The third-order valence-corrected chi connectivity index (χ3v) is 6.46. The molecule has 7 nitrogen and oxygen atoms in total. The highest BCUT2D eigenvalue weighted by atomic mass is 19.1. The lowest BCUT2D eigenvalue weighted by atomic mass is 9.97. The van der Waals surface area contributed by atoms with Crippen molar-refractivity contribution in [2.24, 2.45) is 0 Å². The molecule has 192 valence electrons. The zero-order valence-electron chi connectivity index (χ0n) is 21.2. The quantitative estimate of drug-likeness (QED) is 0.362. The van der Waals surface area contributed by atoms with Crippen LogP contribution in [0, 0.1) is 18.6 Å². The molecule has 0 bridgehead atoms. The lowest BCUT2D eigenvalue weighted by molar-refractivity contribution is -0.128. The van der Waals surface area contributed by atoms with Crippen LogP contribution in [0.3, 0.4) is 0 Å². The summed E-state index contributed by atoms with van der Waals surface area (Å²) in [5, 5.41) is 11.1. The molecular weight excluding hydrogens is 476 g/mol. The van der Waals surface area contributed by atoms with Gasteiger partial charge in [0.15, 0.2) is 0 Å². The van der Waals surface area contributed by atoms with E-state index in [4.69, 9.17) is 0 Å². The van der Waals surface area contributed by atoms with Crippen LogP contribution in [0.5, 0.6) is 0 Å². The maximum Gasteiger partial charge on any atom is 0.249 e. The third-order valence-electron chi connectivity index (χ3n) is 6.46. The summed E-state index contributed by atoms with van der Waals surface area (Å²) in [7, 11) is 0. The van der Waals surface area contributed by atoms with Gasteiger partial charge >= 0.3 is 0 Å². The molecule has 0 spiro atoms. The molecule has 0 radical (unpaired) electrons. The Morgan fingerprint density at radius 2 is 1.73 bits per heavy atom. The second kappa shape index (κ2) is 10.5. The number of hydrogen-bond acceptors (Lipinski definition) is 4. The van der Waals surface area contributed by atoms with E-state index in [2.05, 4.69) is 15.6 Å². The summed E-state index contributed by atoms with van der Waals surface area (Å²) in [5.41, 5.74) is 1.06. The van der Waals surface area contributed by atoms with Crippen LogP contribution in [-0.4, -0.2) is 32.3 Å². The van der Waals surface area contributed by atoms with E-state index >= 15 is 4.39 Å². The molecule has 1 N–H and O–H groups in total. The van der Waals surface area contributed by atoms with Gasteiger partial charge in [0, 0.05) is 16.8 Å². The van der Waals surface area contributed by atoms with Crippen LogP contribution >= 0.6 is 0 Å². The normalized spacial score (nSPS) is 12.4. The smallest absolute Gasteiger partial charge is 0.249 e. The van der Waals surface area contributed by atoms with Crippen LogP contribution in [0.15, 0.2) is 66.7 Å². The van der Waals surface area contributed by atoms with Gasteiger partial charge in [-0.05, 0) is 63.1 Å². The molecule has 9 heteroatoms. The second-order valence-corrected chi connectivity index (χ2v) is 9.58. The average molecular weight is 506 g/mol. The highest BCUT2D eigenvalue weighted by molar-refractivity contribution is 6.01. The van der Waals surface area contributed by atoms with Crippen molar-refractivity contribution in [3.63, 3.8) is 0 Å². The molecule has 4 aromatic rings. The van der Waals surface area contributed by atoms with Crippen LogP contribution in [0.25, 0.3) is 11.0 Å². The summed E-state index contributed by atoms with van der Waals surface area (Å²) >= 11 is 0. The number of halogens is 2. The van der Waals surface area contributed by atoms with Crippen LogP contribution in [0.2, 0.25) is 0 Å². The van der Waals surface area contributed by atoms with Gasteiger partial charge in [0.1, 0.15) is 29.7 Å². The Labute approximate surface area is 214 Å². The highest BCUT2D eigenvalue weighted by Gasteiger charge is 2.37. The number of para-hydroxylation sites is 1. The zero-order valence-corrected chi connectivity index (χ0v) is 21.2. The van der Waals surface area contributed by atoms with Crippen molar-refractivity contribution in [1.29, 1.82) is 0 Å². The van der Waals surface area contributed by atoms with Gasteiger partial charge in [-0.25, -0.2) is 13.5 Å². The number of hydrogen-bond donors (Lipinski definition) is 1. The SMILES string of the molecule is CCC(C)(C)NC(=O)C(c1ccccc1F)N(C(=O)Cn1nnc2ccccc21)c1ccc(C)c(F)c1. The van der Waals surface area contributed by atoms with E-state index < -0.39 is 35.0 Å². The molecule has 1 atom stereocenters. The molecule has 1 aromatic heterocycles. The lowest BCUT2D eigenvalue weighted by Gasteiger charge is -2.34.